The van der Waals surface area contributed by atoms with Crippen molar-refractivity contribution in [2.75, 3.05) is 0 Å². The van der Waals surface area contributed by atoms with Gasteiger partial charge in [0.2, 0.25) is 0 Å². The predicted octanol–water partition coefficient (Wildman–Crippen LogP) is -10.1. The van der Waals surface area contributed by atoms with E-state index in [2.05, 4.69) is 18.1 Å². The van der Waals surface area contributed by atoms with E-state index in [1.807, 2.05) is 0 Å². The van der Waals surface area contributed by atoms with Gasteiger partial charge in [0.25, 0.3) is 0 Å². The van der Waals surface area contributed by atoms with E-state index < -0.39 is 115 Å². The molecule has 2 heterocycles. The van der Waals surface area contributed by atoms with Crippen LogP contribution in [0.2, 0.25) is 0 Å². The Morgan fingerprint density at radius 1 is 0.600 bits per heavy atom. The second kappa shape index (κ2) is 14.6. The molecule has 0 aromatic heterocycles. The second-order valence-electron chi connectivity index (χ2n) is 5.58. The van der Waals surface area contributed by atoms with Gasteiger partial charge < -0.3 is 16.4 Å². The van der Waals surface area contributed by atoms with Crippen LogP contribution < -0.4 is 0 Å². The molecule has 12 N–H and O–H groups in total. The summed E-state index contributed by atoms with van der Waals surface area (Å²) in [5, 5.41) is 56.5. The Kier molecular flexibility index (Phi) is 14.7. The number of carbonyl (C=O) groups is 6. The summed E-state index contributed by atoms with van der Waals surface area (Å²) in [6.45, 7) is 0. The Labute approximate surface area is 208 Å². The first-order valence-corrected chi connectivity index (χ1v) is 14.1. The summed E-state index contributed by atoms with van der Waals surface area (Å²) in [4.78, 5) is 69.4. The quantitative estimate of drug-likeness (QED) is 0.142. The molecule has 2 rings (SSSR count). The molecule has 2 aliphatic heterocycles. The molecule has 0 radical (unpaired) electrons. The third kappa shape index (κ3) is 8.61. The standard InChI is InChI=1S/3C4H6O6.3H2O.2Sb/c3*5-1(3(7)8)2(6)4(9)10;;;;;/h3*1-2,5-6H,(H,7,8)(H,9,10);3*1H2;;/q;;;;;;2*+3/p-6. The number of hydrogen-bond acceptors (Lipinski definition) is 18. The van der Waals surface area contributed by atoms with Crippen LogP contribution in [0.1, 0.15) is 0 Å². The summed E-state index contributed by atoms with van der Waals surface area (Å²) in [5.41, 5.74) is 0. The molecule has 21 nitrogen and oxygen atoms in total. The average Bonchev–Trinajstić information content (AvgIpc) is 2.88. The molecule has 2 fully saturated rings. The Balaban J connectivity index is 0. The van der Waals surface area contributed by atoms with Crippen molar-refractivity contribution in [2.45, 2.75) is 36.6 Å². The first-order chi connectivity index (χ1) is 14.8. The van der Waals surface area contributed by atoms with Crippen LogP contribution in [0, 0.1) is 0 Å². The molecule has 2 aliphatic rings. The van der Waals surface area contributed by atoms with E-state index >= 15 is 0 Å². The first kappa shape index (κ1) is 35.3. The normalized spacial score (nSPS) is 26.8. The van der Waals surface area contributed by atoms with Crippen LogP contribution >= 0.6 is 0 Å². The van der Waals surface area contributed by atoms with E-state index in [9.17, 15) is 59.4 Å². The Hall–Kier alpha value is -1.90. The second-order valence-corrected chi connectivity index (χ2v) is 11.3. The number of hydrogen-bond donors (Lipinski definition) is 6. The molecule has 0 amide bonds. The zero-order valence-corrected chi connectivity index (χ0v) is 21.5. The molecule has 0 saturated carbocycles. The van der Waals surface area contributed by atoms with Gasteiger partial charge in [-0.15, -0.1) is 0 Å². The molecule has 23 heteroatoms. The van der Waals surface area contributed by atoms with E-state index in [-0.39, 0.29) is 16.4 Å². The summed E-state index contributed by atoms with van der Waals surface area (Å²) < 4.78 is 26.4. The minimum absolute atomic E-state index is 0. The van der Waals surface area contributed by atoms with E-state index in [1.165, 1.54) is 0 Å². The molecule has 2 saturated heterocycles. The van der Waals surface area contributed by atoms with Gasteiger partial charge in [-0.2, -0.15) is 0 Å². The zero-order valence-electron chi connectivity index (χ0n) is 16.4. The SMILES string of the molecule is O.O.O.O=C1[O][Sb]([O]C(=O)C(O)C(O)C(=O)[O][Sb]2[O]C(=O)C(O)C(O)C(=O)[O]2)[O]C(=O)C(O)C1O. The number of aliphatic hydroxyl groups is 6. The van der Waals surface area contributed by atoms with Crippen molar-refractivity contribution in [3.8, 4) is 0 Å². The molecule has 35 heavy (non-hydrogen) atoms. The third-order valence-electron chi connectivity index (χ3n) is 3.33. The monoisotopic (exact) mass is 740 g/mol. The van der Waals surface area contributed by atoms with Gasteiger partial charge in [-0.05, 0) is 0 Å². The maximum absolute atomic E-state index is 11.9. The fourth-order valence-electron chi connectivity index (χ4n) is 1.65. The molecular weight excluding hydrogens is 724 g/mol. The van der Waals surface area contributed by atoms with Crippen molar-refractivity contribution in [3.63, 3.8) is 0 Å². The fraction of sp³-hybridized carbons (Fsp3) is 0.500. The van der Waals surface area contributed by atoms with Crippen LogP contribution in [0.25, 0.3) is 0 Å². The van der Waals surface area contributed by atoms with Crippen LogP contribution in [0.5, 0.6) is 0 Å². The van der Waals surface area contributed by atoms with Crippen LogP contribution in [0.15, 0.2) is 0 Å². The number of carbonyl (C=O) groups excluding carboxylic acids is 6. The Morgan fingerprint density at radius 2 is 0.800 bits per heavy atom. The van der Waals surface area contributed by atoms with Crippen molar-refractivity contribution >= 4 is 78.8 Å². The van der Waals surface area contributed by atoms with E-state index in [4.69, 9.17) is 0 Å². The Bertz CT molecular complexity index is 706. The molecule has 0 aliphatic carbocycles. The molecular formula is C12H18O21Sb2. The average molecular weight is 742 g/mol. The molecule has 6 unspecified atom stereocenters. The van der Waals surface area contributed by atoms with Crippen molar-refractivity contribution < 1.29 is 93.9 Å². The topological polar surface area (TPSA) is 374 Å². The summed E-state index contributed by atoms with van der Waals surface area (Å²) in [6, 6.07) is 0. The summed E-state index contributed by atoms with van der Waals surface area (Å²) >= 11 is -9.20. The van der Waals surface area contributed by atoms with Gasteiger partial charge >= 0.3 is 193 Å². The number of rotatable bonds is 5. The van der Waals surface area contributed by atoms with Gasteiger partial charge in [0.15, 0.2) is 0 Å². The maximum atomic E-state index is 11.9. The Morgan fingerprint density at radius 3 is 1.00 bits per heavy atom. The summed E-state index contributed by atoms with van der Waals surface area (Å²) in [5.74, 6) is -10.1. The van der Waals surface area contributed by atoms with Crippen LogP contribution in [-0.4, -0.2) is 162 Å². The van der Waals surface area contributed by atoms with E-state index in [0.717, 1.165) is 0 Å². The van der Waals surface area contributed by atoms with Crippen molar-refractivity contribution in [1.29, 1.82) is 0 Å². The van der Waals surface area contributed by atoms with Crippen LogP contribution in [-0.2, 0) is 46.9 Å². The summed E-state index contributed by atoms with van der Waals surface area (Å²) in [7, 11) is 0. The van der Waals surface area contributed by atoms with Gasteiger partial charge in [-0.3, -0.25) is 0 Å². The summed E-state index contributed by atoms with van der Waals surface area (Å²) in [6.07, 6.45) is -14.9. The third-order valence-corrected chi connectivity index (χ3v) is 8.97. The van der Waals surface area contributed by atoms with Gasteiger partial charge in [-0.1, -0.05) is 0 Å². The predicted molar refractivity (Wildman–Crippen MR) is 94.9 cm³/mol. The molecule has 0 aromatic rings. The fourth-order valence-corrected chi connectivity index (χ4v) is 6.65. The molecule has 0 spiro atoms. The van der Waals surface area contributed by atoms with Crippen molar-refractivity contribution in [1.82, 2.24) is 0 Å². The number of aliphatic hydroxyl groups excluding tert-OH is 6. The van der Waals surface area contributed by atoms with Crippen LogP contribution in [0.4, 0.5) is 0 Å². The van der Waals surface area contributed by atoms with E-state index in [0.29, 0.717) is 0 Å². The van der Waals surface area contributed by atoms with E-state index in [1.54, 1.807) is 0 Å². The molecule has 202 valence electrons. The van der Waals surface area contributed by atoms with Gasteiger partial charge in [0, 0.05) is 0 Å². The minimum atomic E-state index is -4.60. The van der Waals surface area contributed by atoms with Crippen molar-refractivity contribution in [2.24, 2.45) is 0 Å². The van der Waals surface area contributed by atoms with Crippen molar-refractivity contribution in [3.05, 3.63) is 0 Å². The molecule has 0 bridgehead atoms. The first-order valence-electron chi connectivity index (χ1n) is 7.83. The van der Waals surface area contributed by atoms with Crippen LogP contribution in [0.3, 0.4) is 0 Å². The molecule has 6 atom stereocenters. The zero-order chi connectivity index (χ0) is 24.3. The van der Waals surface area contributed by atoms with Gasteiger partial charge in [0.05, 0.1) is 0 Å². The van der Waals surface area contributed by atoms with Gasteiger partial charge in [0.1, 0.15) is 0 Å². The van der Waals surface area contributed by atoms with Gasteiger partial charge in [-0.25, -0.2) is 0 Å². The molecule has 0 aromatic carbocycles.